The Labute approximate surface area is 156 Å². The first-order valence-corrected chi connectivity index (χ1v) is 8.30. The largest absolute Gasteiger partial charge is 0.482 e. The highest BCUT2D eigenvalue weighted by Gasteiger charge is 2.37. The van der Waals surface area contributed by atoms with Gasteiger partial charge in [0.25, 0.3) is 0 Å². The normalized spacial score (nSPS) is 14.6. The average molecular weight is 375 g/mol. The molecule has 1 aromatic carbocycles. The van der Waals surface area contributed by atoms with Crippen molar-refractivity contribution < 1.29 is 34.1 Å². The van der Waals surface area contributed by atoms with Crippen LogP contribution in [0.1, 0.15) is 32.3 Å². The van der Waals surface area contributed by atoms with Gasteiger partial charge in [0.2, 0.25) is 0 Å². The molecule has 1 aliphatic heterocycles. The number of esters is 1. The third-order valence-electron chi connectivity index (χ3n) is 4.10. The van der Waals surface area contributed by atoms with Gasteiger partial charge in [-0.05, 0) is 26.8 Å². The van der Waals surface area contributed by atoms with Gasteiger partial charge in [-0.3, -0.25) is 0 Å². The van der Waals surface area contributed by atoms with E-state index in [0.717, 1.165) is 0 Å². The summed E-state index contributed by atoms with van der Waals surface area (Å²) in [7, 11) is 0. The molecule has 1 aromatic rings. The van der Waals surface area contributed by atoms with Crippen LogP contribution in [0.25, 0.3) is 0 Å². The molecule has 1 aliphatic rings. The Balaban J connectivity index is 2.54. The Kier molecular flexibility index (Phi) is 6.23. The molecule has 144 valence electrons. The summed E-state index contributed by atoms with van der Waals surface area (Å²) in [6.07, 6.45) is 0. The second-order valence-electron chi connectivity index (χ2n) is 5.88. The predicted octanol–water partition coefficient (Wildman–Crippen LogP) is 2.03. The summed E-state index contributed by atoms with van der Waals surface area (Å²) in [4.78, 5) is 35.3. The van der Waals surface area contributed by atoms with Gasteiger partial charge in [-0.2, -0.15) is 0 Å². The van der Waals surface area contributed by atoms with Gasteiger partial charge in [-0.25, -0.2) is 14.4 Å². The molecule has 0 radical (unpaired) electrons. The summed E-state index contributed by atoms with van der Waals surface area (Å²) in [5.41, 5.74) is 0.845. The van der Waals surface area contributed by atoms with Crippen LogP contribution in [-0.4, -0.2) is 41.3 Å². The Morgan fingerprint density at radius 3 is 2.11 bits per heavy atom. The number of carboxylic acid groups (broad SMARTS) is 2. The number of carboxylic acids is 2. The third-order valence-corrected chi connectivity index (χ3v) is 4.10. The Morgan fingerprint density at radius 2 is 1.59 bits per heavy atom. The second-order valence-corrected chi connectivity index (χ2v) is 5.88. The zero-order valence-electron chi connectivity index (χ0n) is 15.2. The molecule has 3 N–H and O–H groups in total. The summed E-state index contributed by atoms with van der Waals surface area (Å²) in [5, 5.41) is 22.2. The minimum atomic E-state index is -1.24. The van der Waals surface area contributed by atoms with Gasteiger partial charge >= 0.3 is 17.9 Å². The number of para-hydroxylation sites is 1. The Morgan fingerprint density at radius 1 is 1.04 bits per heavy atom. The summed E-state index contributed by atoms with van der Waals surface area (Å²) < 4.78 is 10.3. The first kappa shape index (κ1) is 20.0. The molecule has 27 heavy (non-hydrogen) atoms. The number of dihydropyridines is 1. The minimum Gasteiger partial charge on any atom is -0.482 e. The lowest BCUT2D eigenvalue weighted by atomic mass is 9.80. The Bertz CT molecular complexity index is 802. The fraction of sp³-hybridized carbons (Fsp3) is 0.316. The number of carbonyl (C=O) groups is 3. The zero-order valence-corrected chi connectivity index (χ0v) is 15.2. The maximum atomic E-state index is 11.9. The van der Waals surface area contributed by atoms with Gasteiger partial charge < -0.3 is 25.0 Å². The van der Waals surface area contributed by atoms with Crippen LogP contribution in [0, 0.1) is 0 Å². The van der Waals surface area contributed by atoms with Crippen molar-refractivity contribution in [2.75, 3.05) is 13.2 Å². The van der Waals surface area contributed by atoms with Crippen molar-refractivity contribution in [3.63, 3.8) is 0 Å². The number of aliphatic carboxylic acids is 2. The SMILES string of the molecule is CCOC(=O)COc1ccccc1C1C(C(=O)O)=C(C)NC(C)=C1C(=O)O. The monoisotopic (exact) mass is 375 g/mol. The lowest BCUT2D eigenvalue weighted by Crippen LogP contribution is -2.31. The number of carbonyl (C=O) groups excluding carboxylic acids is 1. The van der Waals surface area contributed by atoms with E-state index in [1.54, 1.807) is 45.0 Å². The molecule has 2 rings (SSSR count). The minimum absolute atomic E-state index is 0.0924. The van der Waals surface area contributed by atoms with E-state index in [9.17, 15) is 24.6 Å². The molecule has 0 bridgehead atoms. The molecule has 0 atom stereocenters. The van der Waals surface area contributed by atoms with Crippen LogP contribution in [0.5, 0.6) is 5.75 Å². The first-order chi connectivity index (χ1) is 12.8. The maximum Gasteiger partial charge on any atom is 0.344 e. The molecule has 1 heterocycles. The van der Waals surface area contributed by atoms with E-state index >= 15 is 0 Å². The van der Waals surface area contributed by atoms with Crippen LogP contribution in [0.4, 0.5) is 0 Å². The van der Waals surface area contributed by atoms with E-state index in [1.165, 1.54) is 0 Å². The maximum absolute atomic E-state index is 11.9. The standard InChI is InChI=1S/C19H21NO7/c1-4-26-14(21)9-27-13-8-6-5-7-12(13)17-15(18(22)23)10(2)20-11(3)16(17)19(24)25/h5-8,17,20H,4,9H2,1-3H3,(H,22,23)(H,24,25). The van der Waals surface area contributed by atoms with Crippen molar-refractivity contribution >= 4 is 17.9 Å². The van der Waals surface area contributed by atoms with Gasteiger partial charge in [-0.15, -0.1) is 0 Å². The molecular weight excluding hydrogens is 354 g/mol. The molecular formula is C19H21NO7. The van der Waals surface area contributed by atoms with E-state index in [2.05, 4.69) is 5.32 Å². The van der Waals surface area contributed by atoms with E-state index in [0.29, 0.717) is 17.0 Å². The average Bonchev–Trinajstić information content (AvgIpc) is 2.59. The van der Waals surface area contributed by atoms with Crippen molar-refractivity contribution in [3.05, 3.63) is 52.4 Å². The number of hydrogen-bond acceptors (Lipinski definition) is 6. The fourth-order valence-electron chi connectivity index (χ4n) is 3.06. The molecule has 0 aromatic heterocycles. The smallest absolute Gasteiger partial charge is 0.344 e. The van der Waals surface area contributed by atoms with Gasteiger partial charge in [-0.1, -0.05) is 18.2 Å². The number of rotatable bonds is 7. The molecule has 0 spiro atoms. The van der Waals surface area contributed by atoms with Gasteiger partial charge in [0.05, 0.1) is 23.7 Å². The number of benzene rings is 1. The van der Waals surface area contributed by atoms with Crippen molar-refractivity contribution in [2.24, 2.45) is 0 Å². The van der Waals surface area contributed by atoms with Crippen LogP contribution in [0.15, 0.2) is 46.8 Å². The topological polar surface area (TPSA) is 122 Å². The van der Waals surface area contributed by atoms with Gasteiger partial charge in [0, 0.05) is 17.0 Å². The third kappa shape index (κ3) is 4.28. The molecule has 0 unspecified atom stereocenters. The van der Waals surface area contributed by atoms with E-state index in [4.69, 9.17) is 9.47 Å². The highest BCUT2D eigenvalue weighted by atomic mass is 16.6. The number of ether oxygens (including phenoxy) is 2. The summed E-state index contributed by atoms with van der Waals surface area (Å²) >= 11 is 0. The van der Waals surface area contributed by atoms with Crippen LogP contribution in [-0.2, 0) is 19.1 Å². The van der Waals surface area contributed by atoms with Crippen LogP contribution >= 0.6 is 0 Å². The highest BCUT2D eigenvalue weighted by Crippen LogP contribution is 2.41. The second kappa shape index (κ2) is 8.39. The van der Waals surface area contributed by atoms with Crippen LogP contribution in [0.2, 0.25) is 0 Å². The molecule has 0 saturated heterocycles. The van der Waals surface area contributed by atoms with Gasteiger partial charge in [0.15, 0.2) is 6.61 Å². The number of allylic oxidation sites excluding steroid dienone is 2. The Hall–Kier alpha value is -3.29. The number of nitrogens with one attached hydrogen (secondary N) is 1. The predicted molar refractivity (Wildman–Crippen MR) is 95.1 cm³/mol. The summed E-state index contributed by atoms with van der Waals surface area (Å²) in [5.74, 6) is -3.89. The van der Waals surface area contributed by atoms with Crippen LogP contribution < -0.4 is 10.1 Å². The molecule has 0 aliphatic carbocycles. The molecule has 8 heteroatoms. The fourth-order valence-corrected chi connectivity index (χ4v) is 3.06. The van der Waals surface area contributed by atoms with E-state index < -0.39 is 23.8 Å². The van der Waals surface area contributed by atoms with E-state index in [1.807, 2.05) is 0 Å². The zero-order chi connectivity index (χ0) is 20.1. The quantitative estimate of drug-likeness (QED) is 0.619. The van der Waals surface area contributed by atoms with Crippen molar-refractivity contribution in [1.29, 1.82) is 0 Å². The molecule has 0 fully saturated rings. The molecule has 0 amide bonds. The van der Waals surface area contributed by atoms with Crippen molar-refractivity contribution in [3.8, 4) is 5.75 Å². The lowest BCUT2D eigenvalue weighted by Gasteiger charge is -2.29. The molecule has 0 saturated carbocycles. The highest BCUT2D eigenvalue weighted by molar-refractivity contribution is 5.98. The lowest BCUT2D eigenvalue weighted by molar-refractivity contribution is -0.145. The number of hydrogen-bond donors (Lipinski definition) is 3. The van der Waals surface area contributed by atoms with Gasteiger partial charge in [0.1, 0.15) is 5.75 Å². The first-order valence-electron chi connectivity index (χ1n) is 8.30. The summed E-state index contributed by atoms with van der Waals surface area (Å²) in [6, 6.07) is 6.44. The van der Waals surface area contributed by atoms with Crippen LogP contribution in [0.3, 0.4) is 0 Å². The van der Waals surface area contributed by atoms with Crippen molar-refractivity contribution in [2.45, 2.75) is 26.7 Å². The summed E-state index contributed by atoms with van der Waals surface area (Å²) in [6.45, 7) is 4.64. The van der Waals surface area contributed by atoms with E-state index in [-0.39, 0.29) is 30.1 Å². The van der Waals surface area contributed by atoms with Crippen molar-refractivity contribution in [1.82, 2.24) is 5.32 Å². The molecule has 8 nitrogen and oxygen atoms in total.